The second kappa shape index (κ2) is 8.47. The van der Waals surface area contributed by atoms with Crippen molar-refractivity contribution >= 4 is 21.8 Å². The topological polar surface area (TPSA) is 113 Å². The van der Waals surface area contributed by atoms with Crippen molar-refractivity contribution in [2.75, 3.05) is 30.9 Å². The average molecular weight is 426 g/mol. The molecule has 0 radical (unpaired) electrons. The number of methoxy groups -OCH3 is 1. The normalized spacial score (nSPS) is 22.4. The largest absolute Gasteiger partial charge is 0.490 e. The molecule has 2 fully saturated rings. The third kappa shape index (κ3) is 4.82. The SMILES string of the molecule is CCS(=O)(=O)N1CC[C@H]2[C@H]1CCN2c1cc(OC)ncn1.O=C(O)C(F)(F)F. The zero-order valence-electron chi connectivity index (χ0n) is 15.3. The lowest BCUT2D eigenvalue weighted by Gasteiger charge is -2.25. The van der Waals surface area contributed by atoms with Gasteiger partial charge in [-0.25, -0.2) is 23.2 Å². The van der Waals surface area contributed by atoms with Crippen molar-refractivity contribution in [3.05, 3.63) is 12.4 Å². The molecule has 1 aromatic rings. The van der Waals surface area contributed by atoms with Gasteiger partial charge in [0.15, 0.2) is 0 Å². The van der Waals surface area contributed by atoms with Crippen molar-refractivity contribution in [2.45, 2.75) is 38.0 Å². The van der Waals surface area contributed by atoms with Crippen LogP contribution < -0.4 is 9.64 Å². The van der Waals surface area contributed by atoms with Crippen LogP contribution in [0, 0.1) is 0 Å². The van der Waals surface area contributed by atoms with Gasteiger partial charge in [0, 0.05) is 31.2 Å². The second-order valence-corrected chi connectivity index (χ2v) is 8.35. The number of carboxylic acid groups (broad SMARTS) is 1. The smallest absolute Gasteiger partial charge is 0.481 e. The van der Waals surface area contributed by atoms with E-state index in [1.165, 1.54) is 6.33 Å². The van der Waals surface area contributed by atoms with Crippen molar-refractivity contribution < 1.29 is 36.2 Å². The summed E-state index contributed by atoms with van der Waals surface area (Å²) in [7, 11) is -1.55. The predicted octanol–water partition coefficient (Wildman–Crippen LogP) is 1.12. The fourth-order valence-corrected chi connectivity index (χ4v) is 4.71. The Morgan fingerprint density at radius 2 is 1.89 bits per heavy atom. The van der Waals surface area contributed by atoms with E-state index in [0.717, 1.165) is 25.2 Å². The molecule has 28 heavy (non-hydrogen) atoms. The first-order valence-corrected chi connectivity index (χ1v) is 10.0. The standard InChI is InChI=1S/C13H20N4O3S.C2HF3O2/c1-3-21(18,19)17-7-5-10-11(17)4-6-16(10)12-8-13(20-2)15-9-14-12;3-2(4,5)1(6)7/h8-11H,3-7H2,1-2H3;(H,6,7)/t10-,11+;/m0./s1. The molecule has 3 rings (SSSR count). The summed E-state index contributed by atoms with van der Waals surface area (Å²) < 4.78 is 62.8. The molecular formula is C15H21F3N4O5S. The summed E-state index contributed by atoms with van der Waals surface area (Å²) in [5.74, 6) is -1.26. The minimum Gasteiger partial charge on any atom is -0.481 e. The van der Waals surface area contributed by atoms with Gasteiger partial charge >= 0.3 is 12.1 Å². The molecule has 1 N–H and O–H groups in total. The Morgan fingerprint density at radius 3 is 2.43 bits per heavy atom. The third-order valence-corrected chi connectivity index (χ3v) is 6.52. The molecule has 3 heterocycles. The van der Waals surface area contributed by atoms with Gasteiger partial charge in [0.25, 0.3) is 0 Å². The maximum absolute atomic E-state index is 12.1. The molecule has 0 amide bonds. The van der Waals surface area contributed by atoms with E-state index in [4.69, 9.17) is 14.6 Å². The van der Waals surface area contributed by atoms with Crippen LogP contribution >= 0.6 is 0 Å². The summed E-state index contributed by atoms with van der Waals surface area (Å²) >= 11 is 0. The Morgan fingerprint density at radius 1 is 1.29 bits per heavy atom. The summed E-state index contributed by atoms with van der Waals surface area (Å²) in [5.41, 5.74) is 0. The van der Waals surface area contributed by atoms with Gasteiger partial charge in [-0.05, 0) is 19.8 Å². The van der Waals surface area contributed by atoms with Crippen LogP contribution in [0.15, 0.2) is 12.4 Å². The Labute approximate surface area is 160 Å². The van der Waals surface area contributed by atoms with Gasteiger partial charge in [0.2, 0.25) is 15.9 Å². The summed E-state index contributed by atoms with van der Waals surface area (Å²) in [6.07, 6.45) is -1.91. The van der Waals surface area contributed by atoms with Crippen molar-refractivity contribution in [2.24, 2.45) is 0 Å². The van der Waals surface area contributed by atoms with Crippen LogP contribution in [0.3, 0.4) is 0 Å². The highest BCUT2D eigenvalue weighted by atomic mass is 32.2. The summed E-state index contributed by atoms with van der Waals surface area (Å²) in [4.78, 5) is 19.4. The first kappa shape index (κ1) is 22.1. The van der Waals surface area contributed by atoms with E-state index in [9.17, 15) is 21.6 Å². The number of aliphatic carboxylic acids is 1. The molecule has 13 heteroatoms. The number of alkyl halides is 3. The third-order valence-electron chi connectivity index (χ3n) is 4.62. The number of hydrogen-bond donors (Lipinski definition) is 1. The Hall–Kier alpha value is -2.15. The number of anilines is 1. The van der Waals surface area contributed by atoms with Gasteiger partial charge in [0.05, 0.1) is 12.9 Å². The molecule has 9 nitrogen and oxygen atoms in total. The summed E-state index contributed by atoms with van der Waals surface area (Å²) in [5, 5.41) is 7.12. The quantitative estimate of drug-likeness (QED) is 0.762. The van der Waals surface area contributed by atoms with Crippen LogP contribution in [-0.2, 0) is 14.8 Å². The molecule has 0 bridgehead atoms. The molecular weight excluding hydrogens is 405 g/mol. The molecule has 2 saturated heterocycles. The maximum atomic E-state index is 12.1. The molecule has 0 spiro atoms. The van der Waals surface area contributed by atoms with Gasteiger partial charge in [-0.15, -0.1) is 0 Å². The minimum absolute atomic E-state index is 0.0657. The predicted molar refractivity (Wildman–Crippen MR) is 92.6 cm³/mol. The van der Waals surface area contributed by atoms with Crippen LogP contribution in [0.1, 0.15) is 19.8 Å². The van der Waals surface area contributed by atoms with E-state index in [-0.39, 0.29) is 17.8 Å². The lowest BCUT2D eigenvalue weighted by atomic mass is 10.1. The van der Waals surface area contributed by atoms with Gasteiger partial charge < -0.3 is 14.7 Å². The number of halogens is 3. The number of sulfonamides is 1. The van der Waals surface area contributed by atoms with Crippen LogP contribution in [0.4, 0.5) is 19.0 Å². The van der Waals surface area contributed by atoms with Crippen molar-refractivity contribution in [3.63, 3.8) is 0 Å². The van der Waals surface area contributed by atoms with E-state index < -0.39 is 22.2 Å². The number of carbonyl (C=O) groups is 1. The maximum Gasteiger partial charge on any atom is 0.490 e. The fourth-order valence-electron chi connectivity index (χ4n) is 3.34. The average Bonchev–Trinajstić information content (AvgIpc) is 3.23. The van der Waals surface area contributed by atoms with Gasteiger partial charge in [-0.2, -0.15) is 17.5 Å². The van der Waals surface area contributed by atoms with E-state index in [1.54, 1.807) is 24.4 Å². The lowest BCUT2D eigenvalue weighted by molar-refractivity contribution is -0.192. The number of hydrogen-bond acceptors (Lipinski definition) is 7. The van der Waals surface area contributed by atoms with E-state index >= 15 is 0 Å². The van der Waals surface area contributed by atoms with Crippen LogP contribution in [-0.4, -0.2) is 78.0 Å². The Bertz CT molecular complexity index is 805. The first-order valence-electron chi connectivity index (χ1n) is 8.43. The van der Waals surface area contributed by atoms with Gasteiger partial charge in [0.1, 0.15) is 12.1 Å². The fraction of sp³-hybridized carbons (Fsp3) is 0.667. The first-order chi connectivity index (χ1) is 13.0. The number of nitrogens with zero attached hydrogens (tertiary/aromatic N) is 4. The van der Waals surface area contributed by atoms with Crippen molar-refractivity contribution in [1.29, 1.82) is 0 Å². The van der Waals surface area contributed by atoms with E-state index in [1.807, 2.05) is 0 Å². The molecule has 158 valence electrons. The molecule has 0 aliphatic carbocycles. The summed E-state index contributed by atoms with van der Waals surface area (Å²) in [6.45, 7) is 3.11. The van der Waals surface area contributed by atoms with E-state index in [0.29, 0.717) is 12.4 Å². The van der Waals surface area contributed by atoms with Crippen LogP contribution in [0.5, 0.6) is 5.88 Å². The highest BCUT2D eigenvalue weighted by molar-refractivity contribution is 7.89. The van der Waals surface area contributed by atoms with Crippen LogP contribution in [0.25, 0.3) is 0 Å². The monoisotopic (exact) mass is 426 g/mol. The molecule has 2 aliphatic heterocycles. The molecule has 0 unspecified atom stereocenters. The zero-order chi connectivity index (χ0) is 21.1. The van der Waals surface area contributed by atoms with Crippen molar-refractivity contribution in [3.8, 4) is 5.88 Å². The zero-order valence-corrected chi connectivity index (χ0v) is 16.1. The highest BCUT2D eigenvalue weighted by Gasteiger charge is 2.47. The van der Waals surface area contributed by atoms with Gasteiger partial charge in [-0.3, -0.25) is 0 Å². The van der Waals surface area contributed by atoms with E-state index in [2.05, 4.69) is 14.9 Å². The van der Waals surface area contributed by atoms with Crippen LogP contribution in [0.2, 0.25) is 0 Å². The molecule has 1 aromatic heterocycles. The highest BCUT2D eigenvalue weighted by Crippen LogP contribution is 2.36. The number of aromatic nitrogens is 2. The van der Waals surface area contributed by atoms with Gasteiger partial charge in [-0.1, -0.05) is 0 Å². The molecule has 2 atom stereocenters. The number of carboxylic acids is 1. The van der Waals surface area contributed by atoms with Crippen molar-refractivity contribution in [1.82, 2.24) is 14.3 Å². The number of rotatable bonds is 4. The molecule has 2 aliphatic rings. The minimum atomic E-state index is -5.08. The Balaban J connectivity index is 0.000000345. The Kier molecular flexibility index (Phi) is 6.70. The molecule has 0 saturated carbocycles. The molecule has 0 aromatic carbocycles. The number of fused-ring (bicyclic) bond motifs is 1. The lowest BCUT2D eigenvalue weighted by Crippen LogP contribution is -2.40. The second-order valence-electron chi connectivity index (χ2n) is 6.14. The number of ether oxygens (including phenoxy) is 1. The summed E-state index contributed by atoms with van der Waals surface area (Å²) in [6, 6.07) is 2.07.